The van der Waals surface area contributed by atoms with Gasteiger partial charge in [-0.05, 0) is 35.7 Å². The minimum atomic E-state index is -3.64. The molecule has 1 amide bonds. The Morgan fingerprint density at radius 3 is 2.19 bits per heavy atom. The van der Waals surface area contributed by atoms with E-state index in [0.717, 1.165) is 11.3 Å². The van der Waals surface area contributed by atoms with Gasteiger partial charge in [0.2, 0.25) is 0 Å². The van der Waals surface area contributed by atoms with Crippen molar-refractivity contribution in [1.29, 1.82) is 10.5 Å². The fourth-order valence-electron chi connectivity index (χ4n) is 2.17. The summed E-state index contributed by atoms with van der Waals surface area (Å²) in [6, 6.07) is 13.1. The van der Waals surface area contributed by atoms with Crippen LogP contribution in [0.4, 0.5) is 5.69 Å². The Hall–Kier alpha value is -2.88. The predicted molar refractivity (Wildman–Crippen MR) is 97.9 cm³/mol. The van der Waals surface area contributed by atoms with Gasteiger partial charge in [0, 0.05) is 24.3 Å². The van der Waals surface area contributed by atoms with Gasteiger partial charge in [0.25, 0.3) is 15.9 Å². The third-order valence-electron chi connectivity index (χ3n) is 3.42. The summed E-state index contributed by atoms with van der Waals surface area (Å²) in [6.45, 7) is 0.480. The second-order valence-corrected chi connectivity index (χ2v) is 8.08. The van der Waals surface area contributed by atoms with E-state index in [1.165, 1.54) is 35.2 Å². The summed E-state index contributed by atoms with van der Waals surface area (Å²) in [4.78, 5) is 14.0. The first-order valence-corrected chi connectivity index (χ1v) is 10.0. The van der Waals surface area contributed by atoms with Crippen LogP contribution in [0, 0.1) is 22.7 Å². The Balaban J connectivity index is 2.11. The van der Waals surface area contributed by atoms with Crippen LogP contribution in [0.5, 0.6) is 0 Å². The molecule has 1 heterocycles. The predicted octanol–water partition coefficient (Wildman–Crippen LogP) is 2.82. The van der Waals surface area contributed by atoms with E-state index in [9.17, 15) is 13.2 Å². The average molecular weight is 388 g/mol. The molecule has 0 aliphatic heterocycles. The van der Waals surface area contributed by atoms with E-state index in [1.807, 2.05) is 12.1 Å². The number of amides is 1. The largest absolute Gasteiger partial charge is 0.337 e. The quantitative estimate of drug-likeness (QED) is 0.747. The molecule has 1 N–H and O–H groups in total. The molecule has 26 heavy (non-hydrogen) atoms. The fraction of sp³-hybridized carbons (Fsp3) is 0.235. The lowest BCUT2D eigenvalue weighted by atomic mass is 10.1. The topological polar surface area (TPSA) is 114 Å². The van der Waals surface area contributed by atoms with Gasteiger partial charge in [-0.2, -0.15) is 10.5 Å². The molecule has 134 valence electrons. The van der Waals surface area contributed by atoms with Crippen molar-refractivity contribution in [3.05, 3.63) is 47.3 Å². The number of carbonyl (C=O) groups is 1. The maximum absolute atomic E-state index is 12.5. The maximum atomic E-state index is 12.5. The van der Waals surface area contributed by atoms with E-state index in [1.54, 1.807) is 11.4 Å². The lowest BCUT2D eigenvalue weighted by molar-refractivity contribution is 0.0762. The number of hydrogen-bond donors (Lipinski definition) is 1. The Labute approximate surface area is 156 Å². The number of benzene rings is 1. The molecule has 0 radical (unpaired) electrons. The molecule has 0 saturated carbocycles. The van der Waals surface area contributed by atoms with E-state index in [0.29, 0.717) is 11.3 Å². The molecule has 1 aromatic heterocycles. The number of nitrogens with one attached hydrogen (secondary N) is 1. The monoisotopic (exact) mass is 388 g/mol. The van der Waals surface area contributed by atoms with E-state index >= 15 is 0 Å². The first-order valence-electron chi connectivity index (χ1n) is 7.67. The summed E-state index contributed by atoms with van der Waals surface area (Å²) < 4.78 is 27.0. The van der Waals surface area contributed by atoms with Gasteiger partial charge in [-0.3, -0.25) is 9.52 Å². The summed E-state index contributed by atoms with van der Waals surface area (Å²) in [6.07, 6.45) is 0.353. The van der Waals surface area contributed by atoms with Gasteiger partial charge in [0.1, 0.15) is 4.21 Å². The zero-order valence-electron chi connectivity index (χ0n) is 13.8. The molecule has 2 aromatic rings. The van der Waals surface area contributed by atoms with E-state index in [4.69, 9.17) is 10.5 Å². The van der Waals surface area contributed by atoms with Crippen molar-refractivity contribution in [3.8, 4) is 12.1 Å². The molecule has 7 nitrogen and oxygen atoms in total. The first-order chi connectivity index (χ1) is 12.5. The lowest BCUT2D eigenvalue weighted by Gasteiger charge is -2.20. The fourth-order valence-corrected chi connectivity index (χ4v) is 4.22. The highest BCUT2D eigenvalue weighted by Crippen LogP contribution is 2.20. The van der Waals surface area contributed by atoms with Crippen LogP contribution in [0.25, 0.3) is 0 Å². The molecule has 2 rings (SSSR count). The van der Waals surface area contributed by atoms with Gasteiger partial charge >= 0.3 is 0 Å². The zero-order valence-corrected chi connectivity index (χ0v) is 15.4. The number of carbonyl (C=O) groups excluding carboxylic acids is 1. The lowest BCUT2D eigenvalue weighted by Crippen LogP contribution is -2.32. The molecule has 0 atom stereocenters. The minimum absolute atomic E-state index is 0.176. The van der Waals surface area contributed by atoms with Crippen molar-refractivity contribution in [2.24, 2.45) is 0 Å². The second kappa shape index (κ2) is 8.99. The van der Waals surface area contributed by atoms with Crippen LogP contribution in [0.1, 0.15) is 23.2 Å². The Morgan fingerprint density at radius 2 is 1.69 bits per heavy atom. The Bertz CT molecular complexity index is 906. The van der Waals surface area contributed by atoms with Crippen molar-refractivity contribution < 1.29 is 13.2 Å². The molecule has 0 aliphatic rings. The minimum Gasteiger partial charge on any atom is -0.337 e. The van der Waals surface area contributed by atoms with Crippen molar-refractivity contribution in [2.75, 3.05) is 17.8 Å². The van der Waals surface area contributed by atoms with Crippen LogP contribution in [0.15, 0.2) is 46.0 Å². The highest BCUT2D eigenvalue weighted by molar-refractivity contribution is 7.94. The summed E-state index contributed by atoms with van der Waals surface area (Å²) in [7, 11) is -3.64. The Kier molecular flexibility index (Phi) is 6.73. The van der Waals surface area contributed by atoms with Gasteiger partial charge < -0.3 is 4.90 Å². The number of rotatable bonds is 8. The number of sulfonamides is 1. The molecule has 1 aromatic carbocycles. The Morgan fingerprint density at radius 1 is 1.08 bits per heavy atom. The van der Waals surface area contributed by atoms with Crippen LogP contribution in [-0.2, 0) is 10.0 Å². The van der Waals surface area contributed by atoms with Gasteiger partial charge in [-0.1, -0.05) is 6.07 Å². The van der Waals surface area contributed by atoms with Crippen LogP contribution in [0.2, 0.25) is 0 Å². The van der Waals surface area contributed by atoms with Gasteiger partial charge in [-0.25, -0.2) is 8.42 Å². The van der Waals surface area contributed by atoms with Crippen LogP contribution >= 0.6 is 11.3 Å². The molecule has 9 heteroatoms. The van der Waals surface area contributed by atoms with Crippen LogP contribution in [-0.4, -0.2) is 32.3 Å². The molecule has 0 bridgehead atoms. The zero-order chi connectivity index (χ0) is 19.0. The highest BCUT2D eigenvalue weighted by atomic mass is 32.2. The van der Waals surface area contributed by atoms with Crippen molar-refractivity contribution >= 4 is 33.0 Å². The number of anilines is 1. The van der Waals surface area contributed by atoms with E-state index in [-0.39, 0.29) is 36.0 Å². The third kappa shape index (κ3) is 5.06. The molecule has 0 fully saturated rings. The van der Waals surface area contributed by atoms with Gasteiger partial charge in [-0.15, -0.1) is 11.3 Å². The van der Waals surface area contributed by atoms with E-state index < -0.39 is 10.0 Å². The normalized spacial score (nSPS) is 10.5. The van der Waals surface area contributed by atoms with Crippen molar-refractivity contribution in [1.82, 2.24) is 4.90 Å². The van der Waals surface area contributed by atoms with Crippen LogP contribution in [0.3, 0.4) is 0 Å². The molecule has 0 saturated heterocycles. The molecule has 0 aliphatic carbocycles. The number of hydrogen-bond acceptors (Lipinski definition) is 6. The summed E-state index contributed by atoms with van der Waals surface area (Å²) in [5.74, 6) is -0.303. The van der Waals surface area contributed by atoms with Crippen molar-refractivity contribution in [2.45, 2.75) is 17.1 Å². The molecule has 0 unspecified atom stereocenters. The molecule has 0 spiro atoms. The number of thiophene rings is 1. The molecular weight excluding hydrogens is 372 g/mol. The summed E-state index contributed by atoms with van der Waals surface area (Å²) >= 11 is 1.11. The first kappa shape index (κ1) is 19.4. The SMILES string of the molecule is N#CCCN(CCC#N)C(=O)c1ccc(NS(=O)(=O)c2cccs2)cc1. The van der Waals surface area contributed by atoms with Gasteiger partial charge in [0.05, 0.1) is 25.0 Å². The summed E-state index contributed by atoms with van der Waals surface area (Å²) in [5, 5.41) is 19.1. The van der Waals surface area contributed by atoms with E-state index in [2.05, 4.69) is 4.72 Å². The standard InChI is InChI=1S/C17H16N4O3S2/c18-9-2-11-21(12-3-10-19)17(22)14-5-7-15(8-6-14)20-26(23,24)16-4-1-13-25-16/h1,4-8,13,20H,2-3,11-12H2. The average Bonchev–Trinajstić information content (AvgIpc) is 3.17. The smallest absolute Gasteiger partial charge is 0.271 e. The van der Waals surface area contributed by atoms with Gasteiger partial charge in [0.15, 0.2) is 0 Å². The third-order valence-corrected chi connectivity index (χ3v) is 6.20. The number of nitriles is 2. The second-order valence-electron chi connectivity index (χ2n) is 5.22. The molecular formula is C17H16N4O3S2. The summed E-state index contributed by atoms with van der Waals surface area (Å²) in [5.41, 5.74) is 0.704. The van der Waals surface area contributed by atoms with Crippen LogP contribution < -0.4 is 4.72 Å². The maximum Gasteiger partial charge on any atom is 0.271 e. The highest BCUT2D eigenvalue weighted by Gasteiger charge is 2.17. The van der Waals surface area contributed by atoms with Crippen molar-refractivity contribution in [3.63, 3.8) is 0 Å². The number of nitrogens with zero attached hydrogens (tertiary/aromatic N) is 3.